The molecule has 0 saturated carbocycles. The summed E-state index contributed by atoms with van der Waals surface area (Å²) in [6.07, 6.45) is 1.98. The van der Waals surface area contributed by atoms with Gasteiger partial charge in [0.25, 0.3) is 0 Å². The molecule has 0 saturated heterocycles. The van der Waals surface area contributed by atoms with Crippen molar-refractivity contribution in [3.8, 4) is 11.5 Å². The number of benzene rings is 2. The Bertz CT molecular complexity index is 680. The number of rotatable bonds is 13. The van der Waals surface area contributed by atoms with Crippen molar-refractivity contribution in [3.63, 3.8) is 0 Å². The molecular formula is C25H39NO4SY-2. The third kappa shape index (κ3) is 15.4. The number of aliphatic hydroxyl groups is 1. The minimum absolute atomic E-state index is 0. The van der Waals surface area contributed by atoms with Gasteiger partial charge in [0.05, 0.1) is 26.4 Å². The number of nitrogens with zero attached hydrogens (tertiary/aromatic N) is 1. The topological polar surface area (TPSA) is 51.2 Å². The summed E-state index contributed by atoms with van der Waals surface area (Å²) in [5.41, 5.74) is 1.92. The maximum Gasteiger partial charge on any atom is 0.132 e. The molecule has 179 valence electrons. The Balaban J connectivity index is 0. The van der Waals surface area contributed by atoms with Gasteiger partial charge in [-0.15, -0.1) is 0 Å². The molecule has 2 rings (SSSR count). The van der Waals surface area contributed by atoms with E-state index >= 15 is 0 Å². The second-order valence-corrected chi connectivity index (χ2v) is 7.32. The van der Waals surface area contributed by atoms with Gasteiger partial charge in [0.1, 0.15) is 11.5 Å². The number of hydrogen-bond acceptors (Lipinski definition) is 6. The van der Waals surface area contributed by atoms with Gasteiger partial charge in [-0.05, 0) is 26.2 Å². The Morgan fingerprint density at radius 2 is 1.41 bits per heavy atom. The van der Waals surface area contributed by atoms with E-state index in [1.807, 2.05) is 56.6 Å². The van der Waals surface area contributed by atoms with Crippen LogP contribution in [0.5, 0.6) is 11.5 Å². The monoisotopic (exact) mass is 538 g/mol. The molecule has 5 nitrogen and oxygen atoms in total. The number of ether oxygens (including phenoxy) is 3. The molecule has 1 N–H and O–H groups in total. The van der Waals surface area contributed by atoms with Crippen molar-refractivity contribution >= 4 is 12.6 Å². The van der Waals surface area contributed by atoms with E-state index < -0.39 is 0 Å². The molecule has 0 unspecified atom stereocenters. The van der Waals surface area contributed by atoms with Crippen LogP contribution >= 0.6 is 12.6 Å². The summed E-state index contributed by atoms with van der Waals surface area (Å²) in [7, 11) is 4.05. The number of unbranched alkanes of at least 4 members (excludes halogenated alkanes) is 1. The molecule has 2 aromatic rings. The van der Waals surface area contributed by atoms with Crippen LogP contribution in [0.3, 0.4) is 0 Å². The molecule has 0 amide bonds. The van der Waals surface area contributed by atoms with E-state index in [0.29, 0.717) is 25.6 Å². The van der Waals surface area contributed by atoms with E-state index in [9.17, 15) is 5.11 Å². The average Bonchev–Trinajstić information content (AvgIpc) is 2.75. The first kappa shape index (κ1) is 33.7. The summed E-state index contributed by atoms with van der Waals surface area (Å²) in [6, 6.07) is 15.5. The second kappa shape index (κ2) is 22.3. The Morgan fingerprint density at radius 1 is 0.875 bits per heavy atom. The number of para-hydroxylation sites is 2. The standard InChI is InChI=1S/C16H19NO2.C8H17O2S.CH3.Y/c1-17(2)11-13-7-3-5-9-15(13)19-16-10-6-4-8-14(16)12-18;1-2-3-4-9-5-6-10-7-8-11;;/h3-10,18H,11-12H2,1-2H3;11H,1-8H2;1H3;/q;2*-1;. The third-order valence-electron chi connectivity index (χ3n) is 3.97. The Kier molecular flexibility index (Phi) is 23.5. The van der Waals surface area contributed by atoms with Crippen molar-refractivity contribution in [1.29, 1.82) is 0 Å². The third-order valence-corrected chi connectivity index (χ3v) is 4.15. The average molecular weight is 539 g/mol. The largest absolute Gasteiger partial charge is 0.457 e. The van der Waals surface area contributed by atoms with E-state index in [2.05, 4.69) is 30.5 Å². The predicted molar refractivity (Wildman–Crippen MR) is 133 cm³/mol. The smallest absolute Gasteiger partial charge is 0.132 e. The second-order valence-electron chi connectivity index (χ2n) is 6.87. The van der Waals surface area contributed by atoms with Gasteiger partial charge >= 0.3 is 0 Å². The molecule has 0 spiro atoms. The molecule has 0 heterocycles. The summed E-state index contributed by atoms with van der Waals surface area (Å²) in [5, 5.41) is 9.32. The Labute approximate surface area is 226 Å². The Morgan fingerprint density at radius 3 is 1.94 bits per heavy atom. The van der Waals surface area contributed by atoms with Crippen LogP contribution in [0.25, 0.3) is 0 Å². The van der Waals surface area contributed by atoms with Crippen molar-refractivity contribution in [3.05, 3.63) is 74.0 Å². The first-order valence-electron chi connectivity index (χ1n) is 10.3. The van der Waals surface area contributed by atoms with Crippen molar-refractivity contribution in [2.75, 3.05) is 46.3 Å². The minimum atomic E-state index is -0.0218. The van der Waals surface area contributed by atoms with Crippen LogP contribution in [0.2, 0.25) is 0 Å². The molecule has 32 heavy (non-hydrogen) atoms. The number of aliphatic hydroxyl groups excluding tert-OH is 1. The molecule has 0 aliphatic carbocycles. The van der Waals surface area contributed by atoms with Gasteiger partial charge in [0, 0.05) is 62.7 Å². The van der Waals surface area contributed by atoms with Crippen LogP contribution in [0.1, 0.15) is 24.0 Å². The molecule has 0 atom stereocenters. The quantitative estimate of drug-likeness (QED) is 0.213. The van der Waals surface area contributed by atoms with E-state index in [0.717, 1.165) is 48.6 Å². The zero-order chi connectivity index (χ0) is 22.0. The first-order chi connectivity index (χ1) is 14.6. The van der Waals surface area contributed by atoms with Gasteiger partial charge in [-0.2, -0.15) is 19.0 Å². The molecule has 1 radical (unpaired) electrons. The zero-order valence-corrected chi connectivity index (χ0v) is 23.6. The number of thiol groups is 1. The zero-order valence-electron chi connectivity index (χ0n) is 19.8. The van der Waals surface area contributed by atoms with Gasteiger partial charge < -0.3 is 38.6 Å². The van der Waals surface area contributed by atoms with Crippen LogP contribution in [0.4, 0.5) is 0 Å². The maximum absolute atomic E-state index is 9.32. The Hall–Kier alpha value is -0.466. The van der Waals surface area contributed by atoms with Crippen molar-refractivity contribution in [2.24, 2.45) is 0 Å². The summed E-state index contributed by atoms with van der Waals surface area (Å²) in [6.45, 7) is 7.38. The first-order valence-corrected chi connectivity index (χ1v) is 10.9. The minimum Gasteiger partial charge on any atom is -0.457 e. The normalized spacial score (nSPS) is 9.94. The summed E-state index contributed by atoms with van der Waals surface area (Å²) in [4.78, 5) is 2.10. The van der Waals surface area contributed by atoms with Gasteiger partial charge in [-0.3, -0.25) is 0 Å². The number of hydrogen-bond donors (Lipinski definition) is 2. The molecule has 0 aromatic heterocycles. The van der Waals surface area contributed by atoms with Crippen molar-refractivity contribution in [1.82, 2.24) is 4.90 Å². The summed E-state index contributed by atoms with van der Waals surface area (Å²) < 4.78 is 16.3. The van der Waals surface area contributed by atoms with Gasteiger partial charge in [-0.25, -0.2) is 0 Å². The maximum atomic E-state index is 9.32. The van der Waals surface area contributed by atoms with E-state index in [4.69, 9.17) is 14.2 Å². The fraction of sp³-hybridized carbons (Fsp3) is 0.440. The molecule has 7 heteroatoms. The fourth-order valence-corrected chi connectivity index (χ4v) is 2.65. The van der Waals surface area contributed by atoms with E-state index in [1.54, 1.807) is 0 Å². The molecule has 0 bridgehead atoms. The van der Waals surface area contributed by atoms with E-state index in [-0.39, 0.29) is 46.7 Å². The van der Waals surface area contributed by atoms with Crippen LogP contribution < -0.4 is 4.74 Å². The molecule has 0 aliphatic rings. The van der Waals surface area contributed by atoms with Crippen LogP contribution in [0, 0.1) is 14.4 Å². The van der Waals surface area contributed by atoms with Crippen LogP contribution in [-0.2, 0) is 55.3 Å². The van der Waals surface area contributed by atoms with E-state index in [1.165, 1.54) is 0 Å². The summed E-state index contributed by atoms with van der Waals surface area (Å²) >= 11 is 4.01. The van der Waals surface area contributed by atoms with Gasteiger partial charge in [0.15, 0.2) is 0 Å². The molecule has 2 aromatic carbocycles. The van der Waals surface area contributed by atoms with Gasteiger partial charge in [-0.1, -0.05) is 42.8 Å². The molecule has 0 fully saturated rings. The SMILES string of the molecule is CN(C)Cc1ccccc1Oc1ccccc1CO.[CH2-]CCCOCCOCCS.[CH3-].[Y]. The van der Waals surface area contributed by atoms with Crippen molar-refractivity contribution < 1.29 is 52.0 Å². The fourth-order valence-electron chi connectivity index (χ4n) is 2.52. The molecular weight excluding hydrogens is 499 g/mol. The van der Waals surface area contributed by atoms with Crippen molar-refractivity contribution in [2.45, 2.75) is 26.0 Å². The van der Waals surface area contributed by atoms with Gasteiger partial charge in [0.2, 0.25) is 0 Å². The van der Waals surface area contributed by atoms with Crippen LogP contribution in [-0.4, -0.2) is 56.3 Å². The molecule has 0 aliphatic heterocycles. The predicted octanol–water partition coefficient (Wildman–Crippen LogP) is 5.04. The van der Waals surface area contributed by atoms with Crippen LogP contribution in [0.15, 0.2) is 48.5 Å². The summed E-state index contributed by atoms with van der Waals surface area (Å²) in [5.74, 6) is 2.31.